The molecule has 3 aromatic rings. The summed E-state index contributed by atoms with van der Waals surface area (Å²) < 4.78 is 10.9. The van der Waals surface area contributed by atoms with Gasteiger partial charge in [0.25, 0.3) is 0 Å². The van der Waals surface area contributed by atoms with Gasteiger partial charge in [0.2, 0.25) is 0 Å². The van der Waals surface area contributed by atoms with Gasteiger partial charge in [-0.2, -0.15) is 0 Å². The first kappa shape index (κ1) is 16.6. The molecule has 120 valence electrons. The smallest absolute Gasteiger partial charge is 0.142 e. The Morgan fingerprint density at radius 1 is 1.17 bits per heavy atom. The summed E-state index contributed by atoms with van der Waals surface area (Å²) in [7, 11) is 1.61. The highest BCUT2D eigenvalue weighted by Crippen LogP contribution is 2.34. The van der Waals surface area contributed by atoms with Gasteiger partial charge >= 0.3 is 0 Å². The molecule has 0 saturated carbocycles. The SMILES string of the molecule is C=C/C=C\C(C)N.COc1cc2c(cc1N)oc1ccccc12. The lowest BCUT2D eigenvalue weighted by atomic mass is 10.1. The largest absolute Gasteiger partial charge is 0.495 e. The summed E-state index contributed by atoms with van der Waals surface area (Å²) in [6, 6.07) is 11.8. The molecule has 1 atom stereocenters. The minimum atomic E-state index is 0.151. The maximum atomic E-state index is 5.83. The highest BCUT2D eigenvalue weighted by Gasteiger charge is 2.09. The van der Waals surface area contributed by atoms with Crippen molar-refractivity contribution in [2.75, 3.05) is 12.8 Å². The molecule has 1 heterocycles. The van der Waals surface area contributed by atoms with Crippen LogP contribution in [0.4, 0.5) is 5.69 Å². The molecule has 4 nitrogen and oxygen atoms in total. The van der Waals surface area contributed by atoms with Gasteiger partial charge in [0.15, 0.2) is 0 Å². The van der Waals surface area contributed by atoms with Crippen molar-refractivity contribution >= 4 is 27.6 Å². The molecule has 0 aliphatic carbocycles. The summed E-state index contributed by atoms with van der Waals surface area (Å²) in [5.74, 6) is 0.680. The van der Waals surface area contributed by atoms with Crippen LogP contribution in [-0.4, -0.2) is 13.2 Å². The van der Waals surface area contributed by atoms with Crippen LogP contribution in [0.3, 0.4) is 0 Å². The Balaban J connectivity index is 0.000000236. The number of fused-ring (bicyclic) bond motifs is 3. The topological polar surface area (TPSA) is 74.4 Å². The van der Waals surface area contributed by atoms with E-state index >= 15 is 0 Å². The zero-order chi connectivity index (χ0) is 16.8. The van der Waals surface area contributed by atoms with Crippen molar-refractivity contribution in [2.24, 2.45) is 5.73 Å². The number of anilines is 1. The third-order valence-electron chi connectivity index (χ3n) is 3.28. The molecule has 3 rings (SSSR count). The molecule has 0 radical (unpaired) electrons. The number of benzene rings is 2. The average Bonchev–Trinajstić information content (AvgIpc) is 2.89. The third-order valence-corrected chi connectivity index (χ3v) is 3.28. The Labute approximate surface area is 136 Å². The first-order valence-corrected chi connectivity index (χ1v) is 7.36. The van der Waals surface area contributed by atoms with Crippen molar-refractivity contribution in [1.82, 2.24) is 0 Å². The van der Waals surface area contributed by atoms with Crippen molar-refractivity contribution in [2.45, 2.75) is 13.0 Å². The van der Waals surface area contributed by atoms with Gasteiger partial charge in [0.05, 0.1) is 12.8 Å². The molecule has 2 aromatic carbocycles. The molecule has 0 fully saturated rings. The van der Waals surface area contributed by atoms with E-state index in [2.05, 4.69) is 6.58 Å². The summed E-state index contributed by atoms with van der Waals surface area (Å²) in [6.07, 6.45) is 5.43. The number of methoxy groups -OCH3 is 1. The minimum Gasteiger partial charge on any atom is -0.495 e. The van der Waals surface area contributed by atoms with Crippen LogP contribution in [0.5, 0.6) is 5.75 Å². The highest BCUT2D eigenvalue weighted by molar-refractivity contribution is 6.06. The molecule has 23 heavy (non-hydrogen) atoms. The maximum Gasteiger partial charge on any atom is 0.142 e. The monoisotopic (exact) mass is 310 g/mol. The van der Waals surface area contributed by atoms with Crippen LogP contribution in [0.25, 0.3) is 21.9 Å². The number of hydrogen-bond donors (Lipinski definition) is 2. The lowest BCUT2D eigenvalue weighted by Crippen LogP contribution is -2.09. The number of ether oxygens (including phenoxy) is 1. The maximum absolute atomic E-state index is 5.83. The summed E-state index contributed by atoms with van der Waals surface area (Å²) in [6.45, 7) is 5.41. The van der Waals surface area contributed by atoms with Crippen LogP contribution in [0.2, 0.25) is 0 Å². The summed E-state index contributed by atoms with van der Waals surface area (Å²) in [5, 5.41) is 2.11. The lowest BCUT2D eigenvalue weighted by Gasteiger charge is -2.02. The number of nitrogens with two attached hydrogens (primary N) is 2. The molecule has 4 N–H and O–H groups in total. The Morgan fingerprint density at radius 3 is 2.52 bits per heavy atom. The standard InChI is InChI=1S/C13H11NO2.C6H11N/c1-15-13-6-9-8-4-2-3-5-11(8)16-12(9)7-10(13)14;1-3-4-5-6(2)7/h2-7H,14H2,1H3;3-6H,1,7H2,2H3/b;5-4-. The van der Waals surface area contributed by atoms with Crippen LogP contribution in [-0.2, 0) is 0 Å². The zero-order valence-electron chi connectivity index (χ0n) is 13.5. The molecule has 0 saturated heterocycles. The molecule has 1 unspecified atom stereocenters. The van der Waals surface area contributed by atoms with Crippen LogP contribution in [0.1, 0.15) is 6.92 Å². The first-order chi connectivity index (χ1) is 11.1. The predicted molar refractivity (Wildman–Crippen MR) is 97.7 cm³/mol. The van der Waals surface area contributed by atoms with Gasteiger partial charge in [0.1, 0.15) is 16.9 Å². The second kappa shape index (κ2) is 7.51. The molecule has 0 amide bonds. The second-order valence-electron chi connectivity index (χ2n) is 5.17. The van der Waals surface area contributed by atoms with E-state index in [-0.39, 0.29) is 6.04 Å². The third kappa shape index (κ3) is 3.93. The number of para-hydroxylation sites is 1. The van der Waals surface area contributed by atoms with Gasteiger partial charge in [-0.3, -0.25) is 0 Å². The van der Waals surface area contributed by atoms with Gasteiger partial charge in [-0.05, 0) is 19.1 Å². The van der Waals surface area contributed by atoms with Crippen molar-refractivity contribution < 1.29 is 9.15 Å². The number of rotatable bonds is 3. The quantitative estimate of drug-likeness (QED) is 0.560. The van der Waals surface area contributed by atoms with Gasteiger partial charge < -0.3 is 20.6 Å². The first-order valence-electron chi connectivity index (χ1n) is 7.36. The van der Waals surface area contributed by atoms with E-state index in [1.54, 1.807) is 19.3 Å². The molecule has 0 aliphatic heterocycles. The minimum absolute atomic E-state index is 0.151. The van der Waals surface area contributed by atoms with Gasteiger partial charge in [-0.25, -0.2) is 0 Å². The number of hydrogen-bond acceptors (Lipinski definition) is 4. The fraction of sp³-hybridized carbons (Fsp3) is 0.158. The predicted octanol–water partition coefficient (Wildman–Crippen LogP) is 4.25. The van der Waals surface area contributed by atoms with E-state index in [9.17, 15) is 0 Å². The Bertz CT molecular complexity index is 832. The summed E-state index contributed by atoms with van der Waals surface area (Å²) in [4.78, 5) is 0. The summed E-state index contributed by atoms with van der Waals surface area (Å²) in [5.41, 5.74) is 13.4. The highest BCUT2D eigenvalue weighted by atomic mass is 16.5. The average molecular weight is 310 g/mol. The molecular weight excluding hydrogens is 288 g/mol. The van der Waals surface area contributed by atoms with E-state index in [4.69, 9.17) is 20.6 Å². The number of allylic oxidation sites excluding steroid dienone is 2. The molecular formula is C19H22N2O2. The van der Waals surface area contributed by atoms with Crippen molar-refractivity contribution in [1.29, 1.82) is 0 Å². The number of furan rings is 1. The van der Waals surface area contributed by atoms with Crippen molar-refractivity contribution in [3.05, 3.63) is 61.2 Å². The molecule has 4 heteroatoms. The fourth-order valence-electron chi connectivity index (χ4n) is 2.20. The molecule has 0 bridgehead atoms. The Hall–Kier alpha value is -2.72. The normalized spacial score (nSPS) is 12.1. The Morgan fingerprint density at radius 2 is 1.91 bits per heavy atom. The van der Waals surface area contributed by atoms with Crippen LogP contribution < -0.4 is 16.2 Å². The second-order valence-corrected chi connectivity index (χ2v) is 5.17. The van der Waals surface area contributed by atoms with Gasteiger partial charge in [-0.15, -0.1) is 0 Å². The van der Waals surface area contributed by atoms with E-state index < -0.39 is 0 Å². The molecule has 1 aromatic heterocycles. The van der Waals surface area contributed by atoms with Crippen LogP contribution in [0.15, 0.2) is 65.6 Å². The van der Waals surface area contributed by atoms with Crippen LogP contribution in [0, 0.1) is 0 Å². The molecule has 0 aliphatic rings. The fourth-order valence-corrected chi connectivity index (χ4v) is 2.20. The summed E-state index contributed by atoms with van der Waals surface area (Å²) >= 11 is 0. The van der Waals surface area contributed by atoms with E-state index in [0.717, 1.165) is 21.9 Å². The van der Waals surface area contributed by atoms with Crippen molar-refractivity contribution in [3.63, 3.8) is 0 Å². The van der Waals surface area contributed by atoms with E-state index in [1.807, 2.05) is 49.4 Å². The number of nitrogen functional groups attached to an aromatic ring is 1. The van der Waals surface area contributed by atoms with Gasteiger partial charge in [0, 0.05) is 22.9 Å². The van der Waals surface area contributed by atoms with E-state index in [0.29, 0.717) is 11.4 Å². The van der Waals surface area contributed by atoms with Gasteiger partial charge in [-0.1, -0.05) is 43.0 Å². The lowest BCUT2D eigenvalue weighted by molar-refractivity contribution is 0.417. The Kier molecular flexibility index (Phi) is 5.44. The van der Waals surface area contributed by atoms with Crippen LogP contribution >= 0.6 is 0 Å². The van der Waals surface area contributed by atoms with Crippen molar-refractivity contribution in [3.8, 4) is 5.75 Å². The molecule has 0 spiro atoms. The zero-order valence-corrected chi connectivity index (χ0v) is 13.5. The van der Waals surface area contributed by atoms with E-state index in [1.165, 1.54) is 0 Å².